The quantitative estimate of drug-likeness (QED) is 0.0328. The molecule has 0 spiro atoms. The number of aliphatic carboxylic acids is 1. The molecular weight excluding hydrogens is 1520 g/mol. The Kier molecular flexibility index (Phi) is 98.7. The highest BCUT2D eigenvalue weighted by molar-refractivity contribution is 5.70. The van der Waals surface area contributed by atoms with Gasteiger partial charge < -0.3 is 53.2 Å². The van der Waals surface area contributed by atoms with Gasteiger partial charge in [0.15, 0.2) is 0 Å². The lowest BCUT2D eigenvalue weighted by atomic mass is 9.95. The van der Waals surface area contributed by atoms with Crippen molar-refractivity contribution in [1.82, 2.24) is 19.6 Å². The predicted octanol–water partition coefficient (Wildman–Crippen LogP) is 27.6. The molecule has 0 saturated carbocycles. The van der Waals surface area contributed by atoms with Gasteiger partial charge in [-0.15, -0.1) is 0 Å². The summed E-state index contributed by atoms with van der Waals surface area (Å²) >= 11 is 0. The molecule has 0 amide bonds. The number of likely N-dealkylation sites (N-methyl/N-ethyl adjacent to an activating group) is 2. The molecule has 0 radical (unpaired) electrons. The highest BCUT2D eigenvalue weighted by atomic mass is 16.7. The average molecular weight is 1720 g/mol. The van der Waals surface area contributed by atoms with Crippen molar-refractivity contribution < 1.29 is 72.1 Å². The highest BCUT2D eigenvalue weighted by Gasteiger charge is 2.21. The Morgan fingerprint density at radius 1 is 0.240 bits per heavy atom. The monoisotopic (exact) mass is 1720 g/mol. The molecule has 0 aliphatic carbocycles. The van der Waals surface area contributed by atoms with E-state index in [1.54, 1.807) is 0 Å². The van der Waals surface area contributed by atoms with Gasteiger partial charge in [0, 0.05) is 78.0 Å². The summed E-state index contributed by atoms with van der Waals surface area (Å²) in [7, 11) is 0. The molecule has 0 aromatic carbocycles. The number of unbranched alkanes of at least 4 members (excludes halogenated alkanes) is 40. The Balaban J connectivity index is -0.00000208. The van der Waals surface area contributed by atoms with Gasteiger partial charge >= 0.3 is 36.2 Å². The molecule has 4 unspecified atom stereocenters. The molecule has 0 rings (SSSR count). The Morgan fingerprint density at radius 3 is 0.736 bits per heavy atom. The lowest BCUT2D eigenvalue weighted by molar-refractivity contribution is -0.146. The Labute approximate surface area is 747 Å². The molecule has 0 bridgehead atoms. The van der Waals surface area contributed by atoms with E-state index in [9.17, 15) is 33.9 Å². The molecule has 0 aliphatic rings. The Bertz CT molecular complexity index is 2170. The number of carbonyl (C=O) groups is 6. The molecule has 720 valence electrons. The van der Waals surface area contributed by atoms with E-state index in [4.69, 9.17) is 38.3 Å². The van der Waals surface area contributed by atoms with Crippen LogP contribution in [-0.2, 0) is 52.3 Å². The zero-order chi connectivity index (χ0) is 89.6. The van der Waals surface area contributed by atoms with Crippen LogP contribution in [-0.4, -0.2) is 196 Å². The molecule has 19 heteroatoms. The van der Waals surface area contributed by atoms with Gasteiger partial charge in [-0.25, -0.2) is 9.59 Å². The van der Waals surface area contributed by atoms with Crippen LogP contribution in [0.15, 0.2) is 0 Å². The minimum Gasteiger partial charge on any atom is -0.481 e. The summed E-state index contributed by atoms with van der Waals surface area (Å²) in [5, 5.41) is 17.7. The number of nitrogens with zero attached hydrogens (tertiary/aromatic N) is 4. The third-order valence-electron chi connectivity index (χ3n) is 24.0. The number of carboxylic acid groups (broad SMARTS) is 1. The van der Waals surface area contributed by atoms with Gasteiger partial charge in [0.05, 0.1) is 19.8 Å². The molecule has 0 heterocycles. The highest BCUT2D eigenvalue weighted by Crippen LogP contribution is 2.25. The summed E-state index contributed by atoms with van der Waals surface area (Å²) < 4.78 is 39.9. The number of carboxylic acids is 1. The van der Waals surface area contributed by atoms with Crippen molar-refractivity contribution in [3.05, 3.63) is 0 Å². The maximum atomic E-state index is 12.9. The summed E-state index contributed by atoms with van der Waals surface area (Å²) in [5.41, 5.74) is 0. The van der Waals surface area contributed by atoms with Crippen molar-refractivity contribution >= 4 is 36.2 Å². The first kappa shape index (κ1) is 121. The van der Waals surface area contributed by atoms with Gasteiger partial charge in [0.1, 0.15) is 32.0 Å². The van der Waals surface area contributed by atoms with Gasteiger partial charge in [-0.2, -0.15) is 0 Å². The van der Waals surface area contributed by atoms with E-state index in [1.165, 1.54) is 218 Å². The van der Waals surface area contributed by atoms with E-state index in [2.05, 4.69) is 103 Å². The molecular formula is C102H202N4O15. The molecule has 0 fully saturated rings. The van der Waals surface area contributed by atoms with Crippen molar-refractivity contribution in [3.8, 4) is 0 Å². The number of ether oxygens (including phenoxy) is 7. The zero-order valence-corrected chi connectivity index (χ0v) is 81.9. The topological polar surface area (TPSA) is 220 Å². The van der Waals surface area contributed by atoms with Crippen LogP contribution in [0.2, 0.25) is 0 Å². The van der Waals surface area contributed by atoms with E-state index in [0.29, 0.717) is 83.5 Å². The molecule has 0 aliphatic heterocycles. The summed E-state index contributed by atoms with van der Waals surface area (Å²) in [6.45, 7) is 38.4. The number of rotatable bonds is 91. The first-order chi connectivity index (χ1) is 59.0. The van der Waals surface area contributed by atoms with Crippen LogP contribution in [0.1, 0.15) is 481 Å². The smallest absolute Gasteiger partial charge is 0.481 e. The van der Waals surface area contributed by atoms with Crippen molar-refractivity contribution in [2.75, 3.05) is 118 Å². The lowest BCUT2D eigenvalue weighted by Crippen LogP contribution is -2.39. The molecule has 0 aromatic rings. The first-order valence-electron chi connectivity index (χ1n) is 51.9. The molecule has 121 heavy (non-hydrogen) atoms. The van der Waals surface area contributed by atoms with Crippen LogP contribution in [0.5, 0.6) is 0 Å². The number of carbonyl (C=O) groups excluding carboxylic acids is 5. The zero-order valence-electron chi connectivity index (χ0n) is 81.9. The maximum absolute atomic E-state index is 12.9. The van der Waals surface area contributed by atoms with E-state index in [1.807, 2.05) is 0 Å². The van der Waals surface area contributed by atoms with Crippen molar-refractivity contribution in [1.29, 1.82) is 0 Å². The third-order valence-corrected chi connectivity index (χ3v) is 24.0. The maximum Gasteiger partial charge on any atom is 0.508 e. The lowest BCUT2D eigenvalue weighted by Gasteiger charge is -2.26. The molecule has 2 N–H and O–H groups in total. The molecule has 0 saturated heterocycles. The SMILES string of the molecule is CCCCCCCC(=O)O.CCCCCCCCC(CCCCCC)COC(=O)CCCCCCCCC(CCCCCC)OC(=O)OCCN(CCO)CCN(CC)CC.CCCCCCCCC(CCCCCC)COC(=O)CCCCCCCCC(CCCCCC)OC(=O)OCCN(CCOC(=O)CCCCCCC)CCN(CC)CC. The first-order valence-corrected chi connectivity index (χ1v) is 51.9. The molecule has 0 aromatic heterocycles. The minimum atomic E-state index is -0.670. The fourth-order valence-corrected chi connectivity index (χ4v) is 15.6. The number of aliphatic hydroxyl groups is 1. The van der Waals surface area contributed by atoms with Gasteiger partial charge in [-0.1, -0.05) is 353 Å². The van der Waals surface area contributed by atoms with E-state index < -0.39 is 18.3 Å². The standard InChI is InChI=1S/C51H100N2O7.C43H86N2O6.C8H16O2/c1-7-13-17-21-25-29-35-47(34-28-19-15-9-3)46-59-50(55)39-33-27-23-22-26-31-37-48(36-30-20-16-10-4)60-51(56)58-45-43-53(41-40-52(11-5)12-6)42-44-57-49(54)38-32-24-18-14-8-2;1-6-11-14-17-20-24-29-40(28-23-15-12-7-2)39-50-42(47)32-27-22-19-18-21-26-31-41(30-25-16-13-8-3)51-43(48)49-38-36-45(35-37-46)34-33-44(9-4)10-5;1-2-3-4-5-6-7-8(9)10/h47-48H,7-46H2,1-6H3;40-41,46H,6-39H2,1-5H3;2-7H2,1H3,(H,9,10). The van der Waals surface area contributed by atoms with Gasteiger partial charge in [-0.05, 0) is 141 Å². The second-order valence-corrected chi connectivity index (χ2v) is 35.0. The minimum absolute atomic E-state index is 0.0211. The van der Waals surface area contributed by atoms with Crippen LogP contribution in [0.4, 0.5) is 9.59 Å². The predicted molar refractivity (Wildman–Crippen MR) is 507 cm³/mol. The number of hydrogen-bond donors (Lipinski definition) is 2. The van der Waals surface area contributed by atoms with Crippen molar-refractivity contribution in [2.45, 2.75) is 493 Å². The summed E-state index contributed by atoms with van der Waals surface area (Å²) in [5.74, 6) is 0.197. The Hall–Kier alpha value is -3.78. The van der Waals surface area contributed by atoms with E-state index >= 15 is 0 Å². The van der Waals surface area contributed by atoms with E-state index in [-0.39, 0.29) is 49.9 Å². The van der Waals surface area contributed by atoms with Crippen LogP contribution in [0.25, 0.3) is 0 Å². The van der Waals surface area contributed by atoms with Crippen molar-refractivity contribution in [3.63, 3.8) is 0 Å². The second-order valence-electron chi connectivity index (χ2n) is 35.0. The fraction of sp³-hybridized carbons (Fsp3) is 0.941. The Morgan fingerprint density at radius 2 is 0.463 bits per heavy atom. The number of hydrogen-bond acceptors (Lipinski definition) is 18. The summed E-state index contributed by atoms with van der Waals surface area (Å²) in [6.07, 6.45) is 67.6. The van der Waals surface area contributed by atoms with Crippen molar-refractivity contribution in [2.24, 2.45) is 11.8 Å². The van der Waals surface area contributed by atoms with Crippen LogP contribution in [0, 0.1) is 11.8 Å². The largest absolute Gasteiger partial charge is 0.508 e. The number of esters is 3. The third kappa shape index (κ3) is 90.8. The van der Waals surface area contributed by atoms with Gasteiger partial charge in [0.2, 0.25) is 0 Å². The van der Waals surface area contributed by atoms with Crippen LogP contribution in [0.3, 0.4) is 0 Å². The van der Waals surface area contributed by atoms with E-state index in [0.717, 1.165) is 206 Å². The van der Waals surface area contributed by atoms with Gasteiger partial charge in [0.25, 0.3) is 0 Å². The average Bonchev–Trinajstić information content (AvgIpc) is 0.981. The molecule has 19 nitrogen and oxygen atoms in total. The fourth-order valence-electron chi connectivity index (χ4n) is 15.6. The van der Waals surface area contributed by atoms with Gasteiger partial charge in [-0.3, -0.25) is 29.0 Å². The van der Waals surface area contributed by atoms with Crippen LogP contribution >= 0.6 is 0 Å². The molecule has 4 atom stereocenters. The summed E-state index contributed by atoms with van der Waals surface area (Å²) in [4.78, 5) is 82.0. The second kappa shape index (κ2) is 98.4. The normalized spacial score (nSPS) is 12.4. The van der Waals surface area contributed by atoms with Crippen LogP contribution < -0.4 is 0 Å². The number of aliphatic hydroxyl groups excluding tert-OH is 1. The summed E-state index contributed by atoms with van der Waals surface area (Å²) in [6, 6.07) is 0.